The van der Waals surface area contributed by atoms with Gasteiger partial charge in [-0.2, -0.15) is 0 Å². The fraction of sp³-hybridized carbons (Fsp3) is 0.211. The van der Waals surface area contributed by atoms with Gasteiger partial charge in [-0.3, -0.25) is 9.36 Å². The van der Waals surface area contributed by atoms with Crippen LogP contribution in [0, 0.1) is 0 Å². The molecule has 0 spiro atoms. The van der Waals surface area contributed by atoms with Crippen LogP contribution in [0.4, 0.5) is 0 Å². The van der Waals surface area contributed by atoms with Crippen LogP contribution in [0.2, 0.25) is 0 Å². The van der Waals surface area contributed by atoms with E-state index in [9.17, 15) is 14.4 Å². The average Bonchev–Trinajstić information content (AvgIpc) is 3.68. The fourth-order valence-electron chi connectivity index (χ4n) is 5.52. The molecule has 0 unspecified atom stereocenters. The molecule has 2 aromatic heterocycles. The Kier molecular flexibility index (Phi) is 9.17. The van der Waals surface area contributed by atoms with Crippen LogP contribution in [-0.4, -0.2) is 29.7 Å². The first-order valence-corrected chi connectivity index (χ1v) is 16.4. The molecule has 6 rings (SSSR count). The number of rotatable bonds is 9. The fourth-order valence-corrected chi connectivity index (χ4v) is 6.50. The minimum absolute atomic E-state index is 0.181. The molecule has 0 bridgehead atoms. The number of carbonyl (C=O) groups is 2. The first kappa shape index (κ1) is 31.7. The molecular weight excluding hydrogens is 612 g/mol. The summed E-state index contributed by atoms with van der Waals surface area (Å²) in [7, 11) is 0. The Bertz CT molecular complexity index is 2140. The van der Waals surface area contributed by atoms with Gasteiger partial charge in [-0.1, -0.05) is 91.9 Å². The summed E-state index contributed by atoms with van der Waals surface area (Å²) >= 11 is 1.23. The van der Waals surface area contributed by atoms with Crippen LogP contribution in [0.5, 0.6) is 0 Å². The topological polar surface area (TPSA) is 100 Å². The number of carbonyl (C=O) groups excluding carboxylic acids is 2. The van der Waals surface area contributed by atoms with Gasteiger partial charge in [-0.05, 0) is 55.2 Å². The molecule has 0 fully saturated rings. The summed E-state index contributed by atoms with van der Waals surface area (Å²) in [6.07, 6.45) is 1.69. The third kappa shape index (κ3) is 6.39. The molecule has 3 heterocycles. The zero-order valence-corrected chi connectivity index (χ0v) is 27.4. The first-order valence-electron chi connectivity index (χ1n) is 15.5. The Morgan fingerprint density at radius 2 is 1.55 bits per heavy atom. The van der Waals surface area contributed by atoms with Gasteiger partial charge in [-0.25, -0.2) is 14.6 Å². The van der Waals surface area contributed by atoms with Crippen molar-refractivity contribution in [1.29, 1.82) is 0 Å². The third-order valence-corrected chi connectivity index (χ3v) is 8.86. The third-order valence-electron chi connectivity index (χ3n) is 7.87. The van der Waals surface area contributed by atoms with Crippen molar-refractivity contribution in [1.82, 2.24) is 4.57 Å². The lowest BCUT2D eigenvalue weighted by Crippen LogP contribution is -2.40. The normalized spacial score (nSPS) is 14.6. The molecule has 238 valence electrons. The molecule has 0 aliphatic carbocycles. The van der Waals surface area contributed by atoms with Crippen LogP contribution >= 0.6 is 11.3 Å². The van der Waals surface area contributed by atoms with E-state index in [1.807, 2.05) is 60.7 Å². The quantitative estimate of drug-likeness (QED) is 0.170. The highest BCUT2D eigenvalue weighted by Gasteiger charge is 2.35. The number of aromatic nitrogens is 1. The maximum Gasteiger partial charge on any atom is 0.338 e. The number of nitrogens with zero attached hydrogens (tertiary/aromatic N) is 2. The highest BCUT2D eigenvalue weighted by Crippen LogP contribution is 2.35. The van der Waals surface area contributed by atoms with E-state index >= 15 is 0 Å². The highest BCUT2D eigenvalue weighted by molar-refractivity contribution is 7.07. The van der Waals surface area contributed by atoms with Crippen LogP contribution in [0.15, 0.2) is 111 Å². The Labute approximate surface area is 275 Å². The minimum atomic E-state index is -0.756. The molecule has 5 aromatic rings. The van der Waals surface area contributed by atoms with E-state index in [2.05, 4.69) is 13.8 Å². The highest BCUT2D eigenvalue weighted by atomic mass is 32.1. The van der Waals surface area contributed by atoms with Gasteiger partial charge >= 0.3 is 11.9 Å². The van der Waals surface area contributed by atoms with Crippen LogP contribution in [0.1, 0.15) is 72.5 Å². The second-order valence-corrected chi connectivity index (χ2v) is 12.3. The van der Waals surface area contributed by atoms with Gasteiger partial charge in [0.05, 0.1) is 40.6 Å². The molecule has 0 saturated heterocycles. The Hall–Kier alpha value is -5.28. The predicted octanol–water partition coefficient (Wildman–Crippen LogP) is 6.50. The molecule has 8 nitrogen and oxygen atoms in total. The smallest absolute Gasteiger partial charge is 0.338 e. The number of benzene rings is 3. The van der Waals surface area contributed by atoms with E-state index in [-0.39, 0.29) is 18.1 Å². The number of fused-ring (bicyclic) bond motifs is 1. The molecule has 0 radical (unpaired) electrons. The lowest BCUT2D eigenvalue weighted by molar-refractivity contribution is -0.138. The summed E-state index contributed by atoms with van der Waals surface area (Å²) in [6, 6.07) is 27.3. The van der Waals surface area contributed by atoms with Crippen molar-refractivity contribution in [2.24, 2.45) is 4.99 Å². The summed E-state index contributed by atoms with van der Waals surface area (Å²) in [5, 5.41) is 0. The maximum absolute atomic E-state index is 14.2. The van der Waals surface area contributed by atoms with Crippen LogP contribution in [0.3, 0.4) is 0 Å². The Balaban J connectivity index is 1.48. The number of hydrogen-bond acceptors (Lipinski definition) is 8. The minimum Gasteiger partial charge on any atom is -0.463 e. The van der Waals surface area contributed by atoms with Gasteiger partial charge in [-0.15, -0.1) is 0 Å². The van der Waals surface area contributed by atoms with Gasteiger partial charge < -0.3 is 13.9 Å². The Morgan fingerprint density at radius 1 is 0.872 bits per heavy atom. The standard InChI is InChI=1S/C38H34N2O6S/c1-5-44-36(42)28-18-14-25(15-19-28)30-21-20-29(46-30)22-31-35(41)40-34(27-16-12-24(13-17-27)23(3)4)32(37(43)45-6-2)33(39-38(40)47-31)26-10-8-7-9-11-26/h7-23,34H,5-6H2,1-4H3/b31-22-/t34-/m1/s1. The second-order valence-electron chi connectivity index (χ2n) is 11.3. The molecular formula is C38H34N2O6S. The molecule has 0 amide bonds. The van der Waals surface area contributed by atoms with Crippen molar-refractivity contribution in [3.63, 3.8) is 0 Å². The first-order chi connectivity index (χ1) is 22.8. The predicted molar refractivity (Wildman–Crippen MR) is 182 cm³/mol. The zero-order valence-electron chi connectivity index (χ0n) is 26.6. The Morgan fingerprint density at radius 3 is 2.21 bits per heavy atom. The average molecular weight is 647 g/mol. The van der Waals surface area contributed by atoms with E-state index in [0.29, 0.717) is 50.2 Å². The monoisotopic (exact) mass is 646 g/mol. The van der Waals surface area contributed by atoms with Crippen molar-refractivity contribution in [2.75, 3.05) is 13.2 Å². The summed E-state index contributed by atoms with van der Waals surface area (Å²) in [6.45, 7) is 8.24. The molecule has 3 aromatic carbocycles. The largest absolute Gasteiger partial charge is 0.463 e. The zero-order chi connectivity index (χ0) is 33.1. The number of esters is 2. The summed E-state index contributed by atoms with van der Waals surface area (Å²) in [5.41, 5.74) is 4.39. The van der Waals surface area contributed by atoms with E-state index in [1.165, 1.54) is 11.3 Å². The number of thiazole rings is 1. The maximum atomic E-state index is 14.2. The van der Waals surface area contributed by atoms with E-state index in [0.717, 1.165) is 22.3 Å². The van der Waals surface area contributed by atoms with Crippen molar-refractivity contribution in [3.05, 3.63) is 144 Å². The number of furan rings is 1. The molecule has 1 aliphatic rings. The summed E-state index contributed by atoms with van der Waals surface area (Å²) < 4.78 is 18.7. The molecule has 0 N–H and O–H groups in total. The van der Waals surface area contributed by atoms with Crippen LogP contribution in [0.25, 0.3) is 23.1 Å². The molecule has 1 aliphatic heterocycles. The van der Waals surface area contributed by atoms with Gasteiger partial charge in [0.1, 0.15) is 11.5 Å². The van der Waals surface area contributed by atoms with Gasteiger partial charge in [0.25, 0.3) is 5.56 Å². The van der Waals surface area contributed by atoms with Crippen molar-refractivity contribution >= 4 is 35.0 Å². The molecule has 0 saturated carbocycles. The molecule has 9 heteroatoms. The number of ether oxygens (including phenoxy) is 2. The van der Waals surface area contributed by atoms with Gasteiger partial charge in [0, 0.05) is 17.2 Å². The van der Waals surface area contributed by atoms with Gasteiger partial charge in [0.2, 0.25) is 0 Å². The summed E-state index contributed by atoms with van der Waals surface area (Å²) in [4.78, 5) is 45.3. The SMILES string of the molecule is CCOC(=O)C1=C(c2ccccc2)N=c2s/c(=C\c3ccc(-c4ccc(C(=O)OCC)cc4)o3)c(=O)n2[C@@H]1c1ccc(C(C)C)cc1. The van der Waals surface area contributed by atoms with Crippen molar-refractivity contribution in [2.45, 2.75) is 39.7 Å². The molecule has 47 heavy (non-hydrogen) atoms. The van der Waals surface area contributed by atoms with E-state index in [1.54, 1.807) is 54.8 Å². The molecule has 1 atom stereocenters. The van der Waals surface area contributed by atoms with Crippen molar-refractivity contribution < 1.29 is 23.5 Å². The van der Waals surface area contributed by atoms with E-state index in [4.69, 9.17) is 18.9 Å². The number of hydrogen-bond donors (Lipinski definition) is 0. The van der Waals surface area contributed by atoms with Crippen LogP contribution < -0.4 is 14.9 Å². The summed E-state index contributed by atoms with van der Waals surface area (Å²) in [5.74, 6) is 0.473. The van der Waals surface area contributed by atoms with E-state index < -0.39 is 12.0 Å². The van der Waals surface area contributed by atoms with Gasteiger partial charge in [0.15, 0.2) is 4.80 Å². The van der Waals surface area contributed by atoms with Crippen LogP contribution in [-0.2, 0) is 14.3 Å². The van der Waals surface area contributed by atoms with Crippen molar-refractivity contribution in [3.8, 4) is 11.3 Å². The second kappa shape index (κ2) is 13.6. The lowest BCUT2D eigenvalue weighted by atomic mass is 9.91. The lowest BCUT2D eigenvalue weighted by Gasteiger charge is -2.26.